The third kappa shape index (κ3) is 4.67. The summed E-state index contributed by atoms with van der Waals surface area (Å²) < 4.78 is 15.8. The zero-order valence-electron chi connectivity index (χ0n) is 11.3. The molecule has 6 nitrogen and oxygen atoms in total. The van der Waals surface area contributed by atoms with Crippen molar-refractivity contribution in [3.63, 3.8) is 0 Å². The zero-order chi connectivity index (χ0) is 14.9. The lowest BCUT2D eigenvalue weighted by Gasteiger charge is -2.09. The Morgan fingerprint density at radius 2 is 1.90 bits per heavy atom. The van der Waals surface area contributed by atoms with Gasteiger partial charge in [-0.15, -0.1) is 0 Å². The van der Waals surface area contributed by atoms with E-state index < -0.39 is 5.95 Å². The number of hydrogen-bond acceptors (Lipinski definition) is 5. The number of benzene rings is 1. The van der Waals surface area contributed by atoms with E-state index in [-0.39, 0.29) is 6.61 Å². The highest BCUT2D eigenvalue weighted by atomic mass is 16.6. The largest absolute Gasteiger partial charge is 0.476 e. The van der Waals surface area contributed by atoms with Gasteiger partial charge in [0.2, 0.25) is 5.39 Å². The second-order valence-corrected chi connectivity index (χ2v) is 4.21. The van der Waals surface area contributed by atoms with Gasteiger partial charge in [-0.1, -0.05) is 24.3 Å². The van der Waals surface area contributed by atoms with Crippen LogP contribution < -0.4 is 0 Å². The maximum absolute atomic E-state index is 9.24. The number of nitrogens with zero attached hydrogens (tertiary/aromatic N) is 2. The van der Waals surface area contributed by atoms with Crippen molar-refractivity contribution < 1.29 is 19.0 Å². The summed E-state index contributed by atoms with van der Waals surface area (Å²) in [6.45, 7) is 0.934. The van der Waals surface area contributed by atoms with E-state index in [1.54, 1.807) is 6.26 Å². The molecule has 0 aliphatic heterocycles. The maximum atomic E-state index is 9.24. The Balaban J connectivity index is 1.90. The maximum Gasteiger partial charge on any atom is 0.429 e. The second kappa shape index (κ2) is 7.72. The third-order valence-electron chi connectivity index (χ3n) is 2.74. The van der Waals surface area contributed by atoms with E-state index in [2.05, 4.69) is 4.98 Å². The lowest BCUT2D eigenvalue weighted by atomic mass is 10.1. The number of hydrogen-bond donors (Lipinski definition) is 1. The predicted octanol–water partition coefficient (Wildman–Crippen LogP) is 3.72. The molecule has 0 spiro atoms. The molecular weight excluding hydrogens is 272 g/mol. The van der Waals surface area contributed by atoms with Crippen molar-refractivity contribution >= 4 is 0 Å². The van der Waals surface area contributed by atoms with Crippen molar-refractivity contribution in [1.82, 2.24) is 0 Å². The highest BCUT2D eigenvalue weighted by Gasteiger charge is 2.06. The van der Waals surface area contributed by atoms with Gasteiger partial charge < -0.3 is 19.0 Å². The van der Waals surface area contributed by atoms with Crippen LogP contribution in [0.25, 0.3) is 4.98 Å². The van der Waals surface area contributed by atoms with Crippen LogP contribution in [-0.4, -0.2) is 5.11 Å². The molecule has 0 amide bonds. The van der Waals surface area contributed by atoms with Gasteiger partial charge in [0.15, 0.2) is 4.98 Å². The van der Waals surface area contributed by atoms with Crippen LogP contribution in [0.2, 0.25) is 0 Å². The first-order valence-corrected chi connectivity index (χ1v) is 6.32. The summed E-state index contributed by atoms with van der Waals surface area (Å²) in [6, 6.07) is 11.2. The topological polar surface area (TPSA) is 80.0 Å². The SMILES string of the molecule is N#[N+]/C=C(\O)OCc1ccccc1COCc1ccco1. The minimum absolute atomic E-state index is 0.151. The number of furan rings is 1. The lowest BCUT2D eigenvalue weighted by Crippen LogP contribution is -2.00. The first-order chi connectivity index (χ1) is 10.3. The van der Waals surface area contributed by atoms with Crippen LogP contribution in [0.3, 0.4) is 0 Å². The predicted molar refractivity (Wildman–Crippen MR) is 74.2 cm³/mol. The van der Waals surface area contributed by atoms with E-state index in [1.165, 1.54) is 0 Å². The molecule has 2 rings (SSSR count). The Bertz CT molecular complexity index is 629. The number of aliphatic hydroxyl groups excluding tert-OH is 1. The molecule has 1 N–H and O–H groups in total. The average Bonchev–Trinajstić information content (AvgIpc) is 3.00. The van der Waals surface area contributed by atoms with Crippen LogP contribution >= 0.6 is 0 Å². The number of diazo groups is 1. The number of ether oxygens (including phenoxy) is 2. The summed E-state index contributed by atoms with van der Waals surface area (Å²) in [4.78, 5) is 2.68. The second-order valence-electron chi connectivity index (χ2n) is 4.21. The van der Waals surface area contributed by atoms with E-state index in [1.807, 2.05) is 36.4 Å². The molecule has 1 aromatic carbocycles. The molecule has 21 heavy (non-hydrogen) atoms. The van der Waals surface area contributed by atoms with Crippen LogP contribution in [0.4, 0.5) is 0 Å². The van der Waals surface area contributed by atoms with Gasteiger partial charge in [0.25, 0.3) is 0 Å². The summed E-state index contributed by atoms with van der Waals surface area (Å²) in [5.41, 5.74) is 1.81. The Hall–Kier alpha value is -2.78. The molecule has 0 bridgehead atoms. The van der Waals surface area contributed by atoms with Crippen molar-refractivity contribution in [2.24, 2.45) is 0 Å². The monoisotopic (exact) mass is 287 g/mol. The Labute approximate surface area is 121 Å². The summed E-state index contributed by atoms with van der Waals surface area (Å²) in [5.74, 6) is 0.303. The quantitative estimate of drug-likeness (QED) is 0.620. The molecule has 0 unspecified atom stereocenters. The lowest BCUT2D eigenvalue weighted by molar-refractivity contribution is 0.0756. The van der Waals surface area contributed by atoms with Crippen LogP contribution in [0.5, 0.6) is 0 Å². The van der Waals surface area contributed by atoms with Gasteiger partial charge >= 0.3 is 12.1 Å². The van der Waals surface area contributed by atoms with Crippen LogP contribution in [0, 0.1) is 5.39 Å². The molecule has 108 valence electrons. The molecule has 0 atom stereocenters. The van der Waals surface area contributed by atoms with Gasteiger partial charge in [-0.2, -0.15) is 0 Å². The molecule has 0 aliphatic rings. The Kier molecular flexibility index (Phi) is 5.38. The first-order valence-electron chi connectivity index (χ1n) is 6.32. The van der Waals surface area contributed by atoms with Gasteiger partial charge in [0.05, 0.1) is 12.9 Å². The fraction of sp³-hybridized carbons (Fsp3) is 0.200. The third-order valence-corrected chi connectivity index (χ3v) is 2.74. The minimum Gasteiger partial charge on any atom is -0.476 e. The fourth-order valence-corrected chi connectivity index (χ4v) is 1.73. The van der Waals surface area contributed by atoms with Crippen LogP contribution in [0.1, 0.15) is 16.9 Å². The van der Waals surface area contributed by atoms with E-state index in [0.29, 0.717) is 13.2 Å². The Morgan fingerprint density at radius 1 is 1.14 bits per heavy atom. The van der Waals surface area contributed by atoms with Gasteiger partial charge in [-0.05, 0) is 23.3 Å². The summed E-state index contributed by atoms with van der Waals surface area (Å²) >= 11 is 0. The molecule has 0 radical (unpaired) electrons. The van der Waals surface area contributed by atoms with Gasteiger partial charge in [-0.25, -0.2) is 0 Å². The van der Waals surface area contributed by atoms with Crippen molar-refractivity contribution in [3.8, 4) is 0 Å². The number of aliphatic hydroxyl groups is 1. The molecule has 0 fully saturated rings. The molecule has 0 saturated heterocycles. The van der Waals surface area contributed by atoms with E-state index in [4.69, 9.17) is 19.3 Å². The molecule has 2 aromatic rings. The molecular formula is C15H15N2O4+. The van der Waals surface area contributed by atoms with Gasteiger partial charge in [-0.3, -0.25) is 0 Å². The average molecular weight is 287 g/mol. The normalized spacial score (nSPS) is 11.1. The van der Waals surface area contributed by atoms with Crippen molar-refractivity contribution in [1.29, 1.82) is 5.39 Å². The zero-order valence-corrected chi connectivity index (χ0v) is 11.3. The van der Waals surface area contributed by atoms with E-state index >= 15 is 0 Å². The number of rotatable bonds is 7. The molecule has 6 heteroatoms. The molecule has 0 saturated carbocycles. The van der Waals surface area contributed by atoms with E-state index in [0.717, 1.165) is 23.1 Å². The summed E-state index contributed by atoms with van der Waals surface area (Å²) in [7, 11) is 0. The van der Waals surface area contributed by atoms with Crippen LogP contribution in [-0.2, 0) is 29.3 Å². The van der Waals surface area contributed by atoms with Crippen molar-refractivity contribution in [3.05, 3.63) is 76.7 Å². The van der Waals surface area contributed by atoms with Gasteiger partial charge in [0, 0.05) is 0 Å². The first kappa shape index (κ1) is 14.6. The highest BCUT2D eigenvalue weighted by Crippen LogP contribution is 2.14. The van der Waals surface area contributed by atoms with E-state index in [9.17, 15) is 5.11 Å². The summed E-state index contributed by atoms with van der Waals surface area (Å²) in [5, 5.41) is 17.5. The summed E-state index contributed by atoms with van der Waals surface area (Å²) in [6.07, 6.45) is 2.41. The smallest absolute Gasteiger partial charge is 0.429 e. The molecule has 1 aromatic heterocycles. The van der Waals surface area contributed by atoms with Crippen molar-refractivity contribution in [2.75, 3.05) is 0 Å². The minimum atomic E-state index is -0.455. The molecule has 0 aliphatic carbocycles. The molecule has 1 heterocycles. The highest BCUT2D eigenvalue weighted by molar-refractivity contribution is 5.26. The standard InChI is InChI=1S/C15H14N2O4/c16-17-8-15(18)21-10-13-5-2-1-4-12(13)9-19-11-14-6-3-7-20-14/h1-8H,9-11H2/p+1/b15-8+. The Morgan fingerprint density at radius 3 is 2.57 bits per heavy atom. The van der Waals surface area contributed by atoms with Crippen molar-refractivity contribution in [2.45, 2.75) is 19.8 Å². The fourth-order valence-electron chi connectivity index (χ4n) is 1.73. The van der Waals surface area contributed by atoms with Gasteiger partial charge in [0.1, 0.15) is 19.0 Å². The van der Waals surface area contributed by atoms with Crippen LogP contribution in [0.15, 0.2) is 59.2 Å².